The standard InChI is InChI=1S/C13H19NO4/c1-5-18-12(15)13(2,14)9-6-7-10(16-3)11(8-9)17-4/h6-8H,5,14H2,1-4H3. The van der Waals surface area contributed by atoms with Crippen molar-refractivity contribution in [3.63, 3.8) is 0 Å². The zero-order valence-corrected chi connectivity index (χ0v) is 11.1. The van der Waals surface area contributed by atoms with E-state index in [0.717, 1.165) is 0 Å². The van der Waals surface area contributed by atoms with Crippen molar-refractivity contribution < 1.29 is 19.0 Å². The van der Waals surface area contributed by atoms with Crippen LogP contribution in [0.15, 0.2) is 18.2 Å². The van der Waals surface area contributed by atoms with Crippen molar-refractivity contribution in [2.24, 2.45) is 5.73 Å². The summed E-state index contributed by atoms with van der Waals surface area (Å²) in [4.78, 5) is 11.8. The van der Waals surface area contributed by atoms with Crippen LogP contribution in [0.25, 0.3) is 0 Å². The van der Waals surface area contributed by atoms with Crippen molar-refractivity contribution in [2.45, 2.75) is 19.4 Å². The average molecular weight is 253 g/mol. The van der Waals surface area contributed by atoms with Crippen molar-refractivity contribution in [3.05, 3.63) is 23.8 Å². The first-order valence-electron chi connectivity index (χ1n) is 5.66. The Morgan fingerprint density at radius 2 is 1.89 bits per heavy atom. The molecule has 0 aromatic heterocycles. The molecular weight excluding hydrogens is 234 g/mol. The summed E-state index contributed by atoms with van der Waals surface area (Å²) in [5.74, 6) is 0.633. The molecule has 1 aromatic carbocycles. The summed E-state index contributed by atoms with van der Waals surface area (Å²) in [6.45, 7) is 3.63. The fourth-order valence-corrected chi connectivity index (χ4v) is 1.56. The van der Waals surface area contributed by atoms with Gasteiger partial charge in [-0.25, -0.2) is 4.79 Å². The van der Waals surface area contributed by atoms with Crippen molar-refractivity contribution in [1.29, 1.82) is 0 Å². The highest BCUT2D eigenvalue weighted by atomic mass is 16.5. The molecule has 1 atom stereocenters. The number of hydrogen-bond donors (Lipinski definition) is 1. The van der Waals surface area contributed by atoms with E-state index in [2.05, 4.69) is 0 Å². The minimum Gasteiger partial charge on any atom is -0.493 e. The minimum atomic E-state index is -1.21. The van der Waals surface area contributed by atoms with E-state index < -0.39 is 11.5 Å². The maximum atomic E-state index is 11.8. The average Bonchev–Trinajstić information content (AvgIpc) is 2.38. The molecule has 0 bridgehead atoms. The molecule has 1 unspecified atom stereocenters. The molecule has 0 aliphatic rings. The second kappa shape index (κ2) is 5.73. The first kappa shape index (κ1) is 14.3. The van der Waals surface area contributed by atoms with Gasteiger partial charge in [0, 0.05) is 0 Å². The molecule has 0 heterocycles. The highest BCUT2D eigenvalue weighted by molar-refractivity contribution is 5.82. The zero-order chi connectivity index (χ0) is 13.8. The van der Waals surface area contributed by atoms with Gasteiger partial charge in [0.2, 0.25) is 0 Å². The number of benzene rings is 1. The van der Waals surface area contributed by atoms with Gasteiger partial charge in [-0.2, -0.15) is 0 Å². The van der Waals surface area contributed by atoms with E-state index in [-0.39, 0.29) is 0 Å². The fourth-order valence-electron chi connectivity index (χ4n) is 1.56. The minimum absolute atomic E-state index is 0.291. The molecule has 0 radical (unpaired) electrons. The summed E-state index contributed by atoms with van der Waals surface area (Å²) in [5.41, 5.74) is 5.41. The predicted molar refractivity (Wildman–Crippen MR) is 67.7 cm³/mol. The van der Waals surface area contributed by atoms with Crippen LogP contribution in [0.5, 0.6) is 11.5 Å². The molecule has 0 saturated carbocycles. The monoisotopic (exact) mass is 253 g/mol. The molecule has 0 aliphatic heterocycles. The first-order valence-corrected chi connectivity index (χ1v) is 5.66. The molecule has 0 saturated heterocycles. The topological polar surface area (TPSA) is 70.8 Å². The van der Waals surface area contributed by atoms with Gasteiger partial charge in [0.15, 0.2) is 11.5 Å². The summed E-state index contributed by atoms with van der Waals surface area (Å²) < 4.78 is 15.3. The lowest BCUT2D eigenvalue weighted by Gasteiger charge is -2.23. The van der Waals surface area contributed by atoms with Crippen molar-refractivity contribution in [3.8, 4) is 11.5 Å². The van der Waals surface area contributed by atoms with Crippen LogP contribution in [0.1, 0.15) is 19.4 Å². The van der Waals surface area contributed by atoms with Crippen LogP contribution in [0, 0.1) is 0 Å². The number of rotatable bonds is 5. The number of methoxy groups -OCH3 is 2. The Kier molecular flexibility index (Phi) is 4.55. The van der Waals surface area contributed by atoms with Crippen LogP contribution in [0.4, 0.5) is 0 Å². The maximum Gasteiger partial charge on any atom is 0.330 e. The summed E-state index contributed by atoms with van der Waals surface area (Å²) in [6, 6.07) is 5.10. The molecule has 2 N–H and O–H groups in total. The van der Waals surface area contributed by atoms with Gasteiger partial charge >= 0.3 is 5.97 Å². The van der Waals surface area contributed by atoms with Crippen LogP contribution in [-0.4, -0.2) is 26.8 Å². The Morgan fingerprint density at radius 1 is 1.28 bits per heavy atom. The van der Waals surface area contributed by atoms with E-state index in [0.29, 0.717) is 23.7 Å². The Balaban J connectivity index is 3.12. The third-order valence-corrected chi connectivity index (χ3v) is 2.68. The third-order valence-electron chi connectivity index (χ3n) is 2.68. The van der Waals surface area contributed by atoms with Crippen LogP contribution in [0.2, 0.25) is 0 Å². The zero-order valence-electron chi connectivity index (χ0n) is 11.1. The Labute approximate surface area is 107 Å². The first-order chi connectivity index (χ1) is 8.47. The van der Waals surface area contributed by atoms with Gasteiger partial charge in [-0.05, 0) is 31.5 Å². The molecule has 0 fully saturated rings. The lowest BCUT2D eigenvalue weighted by Crippen LogP contribution is -2.43. The summed E-state index contributed by atoms with van der Waals surface area (Å²) in [6.07, 6.45) is 0. The third kappa shape index (κ3) is 2.73. The van der Waals surface area contributed by atoms with Gasteiger partial charge < -0.3 is 19.9 Å². The van der Waals surface area contributed by atoms with Gasteiger partial charge in [0.25, 0.3) is 0 Å². The van der Waals surface area contributed by atoms with E-state index in [1.165, 1.54) is 7.11 Å². The van der Waals surface area contributed by atoms with E-state index in [4.69, 9.17) is 19.9 Å². The van der Waals surface area contributed by atoms with Crippen LogP contribution < -0.4 is 15.2 Å². The molecule has 0 amide bonds. The molecule has 100 valence electrons. The second-order valence-corrected chi connectivity index (χ2v) is 3.99. The molecule has 5 nitrogen and oxygen atoms in total. The lowest BCUT2D eigenvalue weighted by molar-refractivity contribution is -0.149. The summed E-state index contributed by atoms with van der Waals surface area (Å²) in [5, 5.41) is 0. The molecule has 1 rings (SSSR count). The van der Waals surface area contributed by atoms with E-state index in [9.17, 15) is 4.79 Å². The smallest absolute Gasteiger partial charge is 0.330 e. The van der Waals surface area contributed by atoms with Gasteiger partial charge in [-0.3, -0.25) is 0 Å². The molecule has 1 aromatic rings. The summed E-state index contributed by atoms with van der Waals surface area (Å²) in [7, 11) is 3.07. The lowest BCUT2D eigenvalue weighted by atomic mass is 9.93. The Morgan fingerprint density at radius 3 is 2.39 bits per heavy atom. The van der Waals surface area contributed by atoms with Gasteiger partial charge in [0.1, 0.15) is 5.54 Å². The summed E-state index contributed by atoms with van der Waals surface area (Å²) >= 11 is 0. The molecule has 0 spiro atoms. The molecule has 5 heteroatoms. The van der Waals surface area contributed by atoms with Gasteiger partial charge in [0.05, 0.1) is 20.8 Å². The fraction of sp³-hybridized carbons (Fsp3) is 0.462. The SMILES string of the molecule is CCOC(=O)C(C)(N)c1ccc(OC)c(OC)c1. The van der Waals surface area contributed by atoms with E-state index >= 15 is 0 Å². The predicted octanol–water partition coefficient (Wildman–Crippen LogP) is 1.44. The highest BCUT2D eigenvalue weighted by Gasteiger charge is 2.32. The van der Waals surface area contributed by atoms with Crippen molar-refractivity contribution in [2.75, 3.05) is 20.8 Å². The quantitative estimate of drug-likeness (QED) is 0.804. The van der Waals surface area contributed by atoms with Crippen LogP contribution >= 0.6 is 0 Å². The second-order valence-electron chi connectivity index (χ2n) is 3.99. The number of ether oxygens (including phenoxy) is 3. The number of nitrogens with two attached hydrogens (primary N) is 1. The number of carbonyl (C=O) groups excluding carboxylic acids is 1. The van der Waals surface area contributed by atoms with E-state index in [1.807, 2.05) is 0 Å². The van der Waals surface area contributed by atoms with Crippen molar-refractivity contribution >= 4 is 5.97 Å². The molecule has 0 aliphatic carbocycles. The number of carbonyl (C=O) groups is 1. The van der Waals surface area contributed by atoms with Crippen LogP contribution in [0.3, 0.4) is 0 Å². The maximum absolute atomic E-state index is 11.8. The molecule has 18 heavy (non-hydrogen) atoms. The number of esters is 1. The highest BCUT2D eigenvalue weighted by Crippen LogP contribution is 2.31. The van der Waals surface area contributed by atoms with Gasteiger partial charge in [-0.1, -0.05) is 6.07 Å². The molecular formula is C13H19NO4. The van der Waals surface area contributed by atoms with Crippen molar-refractivity contribution in [1.82, 2.24) is 0 Å². The largest absolute Gasteiger partial charge is 0.493 e. The number of hydrogen-bond acceptors (Lipinski definition) is 5. The normalized spacial score (nSPS) is 13.6. The van der Waals surface area contributed by atoms with Gasteiger partial charge in [-0.15, -0.1) is 0 Å². The Bertz CT molecular complexity index is 429. The Hall–Kier alpha value is -1.75. The van der Waals surface area contributed by atoms with E-state index in [1.54, 1.807) is 39.2 Å². The van der Waals surface area contributed by atoms with Crippen LogP contribution in [-0.2, 0) is 15.1 Å².